The lowest BCUT2D eigenvalue weighted by Gasteiger charge is -2.26. The standard InChI is InChI=1S/C23H22Cl2N2O6/c1-13(2)33-10-4-9-26-20(17-8-7-15(24)12-18(17)25)19(22(29)23(26)30)21(28)14-5-3-6-16(11-14)27(31)32/h3,5-8,11-13,20,28H,4,9-10H2,1-2H3/t20-/m0/s1. The third kappa shape index (κ3) is 5.35. The SMILES string of the molecule is CC(C)OCCCN1C(=O)C(=O)C(=C(O)c2cccc([N+](=O)[O-])c2)[C@@H]1c1ccc(Cl)cc1Cl. The van der Waals surface area contributed by atoms with Gasteiger partial charge in [-0.1, -0.05) is 41.4 Å². The van der Waals surface area contributed by atoms with Crippen LogP contribution in [-0.2, 0) is 14.3 Å². The molecule has 3 rings (SSSR count). The highest BCUT2D eigenvalue weighted by Gasteiger charge is 2.46. The molecule has 1 atom stereocenters. The fraction of sp³-hybridized carbons (Fsp3) is 0.304. The summed E-state index contributed by atoms with van der Waals surface area (Å²) < 4.78 is 5.53. The van der Waals surface area contributed by atoms with Crippen LogP contribution in [0.15, 0.2) is 48.0 Å². The van der Waals surface area contributed by atoms with Crippen LogP contribution < -0.4 is 0 Å². The Labute approximate surface area is 200 Å². The first-order valence-corrected chi connectivity index (χ1v) is 11.0. The average molecular weight is 493 g/mol. The third-order valence-corrected chi connectivity index (χ3v) is 5.68. The minimum Gasteiger partial charge on any atom is -0.507 e. The lowest BCUT2D eigenvalue weighted by molar-refractivity contribution is -0.384. The van der Waals surface area contributed by atoms with Crippen molar-refractivity contribution in [1.82, 2.24) is 4.90 Å². The summed E-state index contributed by atoms with van der Waals surface area (Å²) in [6.45, 7) is 4.32. The molecule has 10 heteroatoms. The van der Waals surface area contributed by atoms with E-state index in [1.807, 2.05) is 13.8 Å². The summed E-state index contributed by atoms with van der Waals surface area (Å²) in [4.78, 5) is 37.8. The second-order valence-electron chi connectivity index (χ2n) is 7.74. The Hall–Kier alpha value is -2.94. The molecule has 1 N–H and O–H groups in total. The quantitative estimate of drug-likeness (QED) is 0.136. The second kappa shape index (κ2) is 10.3. The highest BCUT2D eigenvalue weighted by atomic mass is 35.5. The molecular formula is C23H22Cl2N2O6. The van der Waals surface area contributed by atoms with Crippen LogP contribution in [0.3, 0.4) is 0 Å². The van der Waals surface area contributed by atoms with Crippen LogP contribution in [0.2, 0.25) is 10.0 Å². The molecule has 0 radical (unpaired) electrons. The first-order valence-electron chi connectivity index (χ1n) is 10.2. The molecule has 33 heavy (non-hydrogen) atoms. The number of likely N-dealkylation sites (tertiary alicyclic amines) is 1. The number of hydrogen-bond donors (Lipinski definition) is 1. The van der Waals surface area contributed by atoms with Crippen molar-refractivity contribution in [2.45, 2.75) is 32.4 Å². The van der Waals surface area contributed by atoms with Gasteiger partial charge in [0.2, 0.25) is 0 Å². The molecule has 0 bridgehead atoms. The predicted octanol–water partition coefficient (Wildman–Crippen LogP) is 5.14. The minimum absolute atomic E-state index is 0.00999. The van der Waals surface area contributed by atoms with E-state index in [1.165, 1.54) is 29.2 Å². The van der Waals surface area contributed by atoms with Crippen LogP contribution >= 0.6 is 23.2 Å². The van der Waals surface area contributed by atoms with Gasteiger partial charge in [-0.2, -0.15) is 0 Å². The zero-order valence-electron chi connectivity index (χ0n) is 18.0. The van der Waals surface area contributed by atoms with Crippen molar-refractivity contribution < 1.29 is 24.4 Å². The van der Waals surface area contributed by atoms with Gasteiger partial charge in [0, 0.05) is 40.9 Å². The van der Waals surface area contributed by atoms with E-state index in [2.05, 4.69) is 0 Å². The molecule has 1 fully saturated rings. The molecule has 0 saturated carbocycles. The lowest BCUT2D eigenvalue weighted by Crippen LogP contribution is -2.31. The number of amides is 1. The van der Waals surface area contributed by atoms with Gasteiger partial charge >= 0.3 is 0 Å². The van der Waals surface area contributed by atoms with Crippen molar-refractivity contribution in [3.8, 4) is 0 Å². The Morgan fingerprint density at radius 2 is 1.94 bits per heavy atom. The number of rotatable bonds is 8. The van der Waals surface area contributed by atoms with Crippen molar-refractivity contribution in [1.29, 1.82) is 0 Å². The third-order valence-electron chi connectivity index (χ3n) is 5.12. The Morgan fingerprint density at radius 3 is 2.58 bits per heavy atom. The van der Waals surface area contributed by atoms with Gasteiger partial charge in [0.15, 0.2) is 0 Å². The maximum atomic E-state index is 13.0. The summed E-state index contributed by atoms with van der Waals surface area (Å²) >= 11 is 12.4. The number of nitro groups is 1. The molecule has 1 saturated heterocycles. The summed E-state index contributed by atoms with van der Waals surface area (Å²) in [6, 6.07) is 8.85. The van der Waals surface area contributed by atoms with E-state index >= 15 is 0 Å². The largest absolute Gasteiger partial charge is 0.507 e. The topological polar surface area (TPSA) is 110 Å². The summed E-state index contributed by atoms with van der Waals surface area (Å²) in [6.07, 6.45) is 0.458. The van der Waals surface area contributed by atoms with Gasteiger partial charge in [-0.15, -0.1) is 0 Å². The molecule has 174 valence electrons. The van der Waals surface area contributed by atoms with Gasteiger partial charge in [-0.3, -0.25) is 19.7 Å². The monoisotopic (exact) mass is 492 g/mol. The van der Waals surface area contributed by atoms with Gasteiger partial charge < -0.3 is 14.7 Å². The number of ether oxygens (including phenoxy) is 1. The van der Waals surface area contributed by atoms with Crippen molar-refractivity contribution in [2.24, 2.45) is 0 Å². The van der Waals surface area contributed by atoms with E-state index in [0.29, 0.717) is 23.6 Å². The number of hydrogen-bond acceptors (Lipinski definition) is 6. The van der Waals surface area contributed by atoms with Crippen LogP contribution in [-0.4, -0.2) is 45.9 Å². The number of Topliss-reactive ketones (excluding diaryl/α,β-unsaturated/α-hetero) is 1. The van der Waals surface area contributed by atoms with Crippen LogP contribution in [0.5, 0.6) is 0 Å². The molecule has 1 heterocycles. The number of ketones is 1. The van der Waals surface area contributed by atoms with Gasteiger partial charge in [-0.05, 0) is 38.0 Å². The Balaban J connectivity index is 2.11. The molecule has 1 aliphatic heterocycles. The van der Waals surface area contributed by atoms with E-state index in [1.54, 1.807) is 12.1 Å². The molecular weight excluding hydrogens is 471 g/mol. The first kappa shape index (κ1) is 24.7. The number of halogens is 2. The van der Waals surface area contributed by atoms with E-state index in [4.69, 9.17) is 27.9 Å². The molecule has 0 unspecified atom stereocenters. The number of nitrogens with zero attached hydrogens (tertiary/aromatic N) is 2. The van der Waals surface area contributed by atoms with Crippen molar-refractivity contribution in [2.75, 3.05) is 13.2 Å². The van der Waals surface area contributed by atoms with E-state index in [0.717, 1.165) is 6.07 Å². The summed E-state index contributed by atoms with van der Waals surface area (Å²) in [5.74, 6) is -2.23. The Kier molecular flexibility index (Phi) is 7.73. The summed E-state index contributed by atoms with van der Waals surface area (Å²) in [7, 11) is 0. The molecule has 1 aliphatic rings. The van der Waals surface area contributed by atoms with Crippen LogP contribution in [0, 0.1) is 10.1 Å². The zero-order valence-corrected chi connectivity index (χ0v) is 19.5. The summed E-state index contributed by atoms with van der Waals surface area (Å²) in [5, 5.41) is 22.8. The van der Waals surface area contributed by atoms with E-state index in [-0.39, 0.29) is 34.5 Å². The second-order valence-corrected chi connectivity index (χ2v) is 8.58. The molecule has 0 aliphatic carbocycles. The maximum absolute atomic E-state index is 13.0. The van der Waals surface area contributed by atoms with Crippen molar-refractivity contribution in [3.63, 3.8) is 0 Å². The molecule has 2 aromatic carbocycles. The number of nitro benzene ring substituents is 1. The van der Waals surface area contributed by atoms with Gasteiger partial charge in [0.1, 0.15) is 5.76 Å². The van der Waals surface area contributed by atoms with Gasteiger partial charge in [0.05, 0.1) is 22.6 Å². The summed E-state index contributed by atoms with van der Waals surface area (Å²) in [5.41, 5.74) is -0.0212. The van der Waals surface area contributed by atoms with Gasteiger partial charge in [0.25, 0.3) is 17.4 Å². The predicted molar refractivity (Wildman–Crippen MR) is 124 cm³/mol. The highest BCUT2D eigenvalue weighted by molar-refractivity contribution is 6.47. The smallest absolute Gasteiger partial charge is 0.295 e. The molecule has 0 spiro atoms. The normalized spacial score (nSPS) is 17.7. The maximum Gasteiger partial charge on any atom is 0.295 e. The van der Waals surface area contributed by atoms with Crippen molar-refractivity contribution >= 4 is 46.3 Å². The van der Waals surface area contributed by atoms with E-state index in [9.17, 15) is 24.8 Å². The number of aliphatic hydroxyl groups excluding tert-OH is 1. The number of aliphatic hydroxyl groups is 1. The molecule has 1 amide bonds. The number of non-ortho nitro benzene ring substituents is 1. The molecule has 0 aromatic heterocycles. The lowest BCUT2D eigenvalue weighted by atomic mass is 9.95. The average Bonchev–Trinajstić information content (AvgIpc) is 3.01. The zero-order chi connectivity index (χ0) is 24.3. The highest BCUT2D eigenvalue weighted by Crippen LogP contribution is 2.42. The minimum atomic E-state index is -0.993. The van der Waals surface area contributed by atoms with Crippen LogP contribution in [0.4, 0.5) is 5.69 Å². The van der Waals surface area contributed by atoms with E-state index < -0.39 is 28.4 Å². The Morgan fingerprint density at radius 1 is 1.21 bits per heavy atom. The van der Waals surface area contributed by atoms with Gasteiger partial charge in [-0.25, -0.2) is 0 Å². The van der Waals surface area contributed by atoms with Crippen LogP contribution in [0.1, 0.15) is 37.4 Å². The number of benzene rings is 2. The number of carbonyl (C=O) groups excluding carboxylic acids is 2. The Bertz CT molecular complexity index is 1130. The molecule has 8 nitrogen and oxygen atoms in total. The fourth-order valence-electron chi connectivity index (χ4n) is 3.63. The van der Waals surface area contributed by atoms with Crippen molar-refractivity contribution in [3.05, 3.63) is 79.3 Å². The number of carbonyl (C=O) groups is 2. The van der Waals surface area contributed by atoms with Crippen LogP contribution in [0.25, 0.3) is 5.76 Å². The molecule has 2 aromatic rings. The first-order chi connectivity index (χ1) is 15.6. The fourth-order valence-corrected chi connectivity index (χ4v) is 4.15.